The number of aliphatic hydroxyl groups excluding tert-OH is 1. The fourth-order valence-electron chi connectivity index (χ4n) is 2.01. The highest BCUT2D eigenvalue weighted by Gasteiger charge is 2.25. The summed E-state index contributed by atoms with van der Waals surface area (Å²) in [6, 6.07) is 12.3. The van der Waals surface area contributed by atoms with Crippen molar-refractivity contribution in [3.63, 3.8) is 0 Å². The Bertz CT molecular complexity index is 422. The van der Waals surface area contributed by atoms with Crippen LogP contribution in [0.4, 0.5) is 0 Å². The van der Waals surface area contributed by atoms with Gasteiger partial charge in [0, 0.05) is 0 Å². The van der Waals surface area contributed by atoms with E-state index in [-0.39, 0.29) is 12.0 Å². The predicted molar refractivity (Wildman–Crippen MR) is 77.5 cm³/mol. The van der Waals surface area contributed by atoms with Gasteiger partial charge in [0.25, 0.3) is 0 Å². The third kappa shape index (κ3) is 4.66. The SMILES string of the molecule is CC(C)(C#N)CCCNC(C)(CO)c1ccccc1. The van der Waals surface area contributed by atoms with Crippen molar-refractivity contribution in [3.05, 3.63) is 35.9 Å². The van der Waals surface area contributed by atoms with Crippen molar-refractivity contribution >= 4 is 0 Å². The van der Waals surface area contributed by atoms with Gasteiger partial charge in [0.05, 0.1) is 23.6 Å². The van der Waals surface area contributed by atoms with Crippen LogP contribution >= 0.6 is 0 Å². The summed E-state index contributed by atoms with van der Waals surface area (Å²) in [4.78, 5) is 0. The van der Waals surface area contributed by atoms with Crippen LogP contribution in [-0.4, -0.2) is 18.3 Å². The quantitative estimate of drug-likeness (QED) is 0.741. The molecule has 0 radical (unpaired) electrons. The third-order valence-corrected chi connectivity index (χ3v) is 3.52. The zero-order chi connectivity index (χ0) is 14.4. The lowest BCUT2D eigenvalue weighted by Crippen LogP contribution is -2.43. The summed E-state index contributed by atoms with van der Waals surface area (Å²) < 4.78 is 0. The highest BCUT2D eigenvalue weighted by Crippen LogP contribution is 2.22. The molecular formula is C16H24N2O. The van der Waals surface area contributed by atoms with Crippen LogP contribution in [-0.2, 0) is 5.54 Å². The van der Waals surface area contributed by atoms with E-state index in [1.807, 2.05) is 51.1 Å². The van der Waals surface area contributed by atoms with Gasteiger partial charge in [0.15, 0.2) is 0 Å². The van der Waals surface area contributed by atoms with Crippen LogP contribution in [0.5, 0.6) is 0 Å². The molecule has 0 saturated heterocycles. The van der Waals surface area contributed by atoms with Gasteiger partial charge >= 0.3 is 0 Å². The molecular weight excluding hydrogens is 236 g/mol. The molecule has 0 aliphatic heterocycles. The highest BCUT2D eigenvalue weighted by atomic mass is 16.3. The van der Waals surface area contributed by atoms with Crippen LogP contribution in [0.15, 0.2) is 30.3 Å². The van der Waals surface area contributed by atoms with E-state index in [0.717, 1.165) is 24.9 Å². The first-order valence-electron chi connectivity index (χ1n) is 6.76. The first-order chi connectivity index (χ1) is 8.93. The molecule has 3 heteroatoms. The lowest BCUT2D eigenvalue weighted by atomic mass is 9.89. The van der Waals surface area contributed by atoms with Crippen molar-refractivity contribution in [2.24, 2.45) is 5.41 Å². The van der Waals surface area contributed by atoms with Gasteiger partial charge in [0.1, 0.15) is 0 Å². The fourth-order valence-corrected chi connectivity index (χ4v) is 2.01. The fraction of sp³-hybridized carbons (Fsp3) is 0.562. The molecule has 19 heavy (non-hydrogen) atoms. The van der Waals surface area contributed by atoms with E-state index >= 15 is 0 Å². The van der Waals surface area contributed by atoms with Crippen LogP contribution in [0.25, 0.3) is 0 Å². The maximum Gasteiger partial charge on any atom is 0.0683 e. The highest BCUT2D eigenvalue weighted by molar-refractivity contribution is 5.23. The molecule has 3 nitrogen and oxygen atoms in total. The molecule has 0 amide bonds. The normalized spacial score (nSPS) is 14.7. The molecule has 1 aromatic carbocycles. The molecule has 0 saturated carbocycles. The Labute approximate surface area is 116 Å². The van der Waals surface area contributed by atoms with E-state index in [2.05, 4.69) is 11.4 Å². The molecule has 1 rings (SSSR count). The standard InChI is InChI=1S/C16H24N2O/c1-15(2,12-17)10-7-11-18-16(3,13-19)14-8-5-4-6-9-14/h4-6,8-9,18-19H,7,10-11,13H2,1-3H3. The summed E-state index contributed by atoms with van der Waals surface area (Å²) in [5.41, 5.74) is 0.388. The Kier molecular flexibility index (Phi) is 5.53. The number of hydrogen-bond acceptors (Lipinski definition) is 3. The molecule has 0 aliphatic rings. The van der Waals surface area contributed by atoms with E-state index in [0.29, 0.717) is 0 Å². The number of nitrogens with zero attached hydrogens (tertiary/aromatic N) is 1. The Morgan fingerprint density at radius 3 is 2.37 bits per heavy atom. The van der Waals surface area contributed by atoms with Crippen LogP contribution in [0.2, 0.25) is 0 Å². The summed E-state index contributed by atoms with van der Waals surface area (Å²) in [6.45, 7) is 6.75. The molecule has 2 N–H and O–H groups in total. The first kappa shape index (κ1) is 15.7. The third-order valence-electron chi connectivity index (χ3n) is 3.52. The minimum atomic E-state index is -0.419. The van der Waals surface area contributed by atoms with E-state index in [9.17, 15) is 5.11 Å². The second-order valence-electron chi connectivity index (χ2n) is 5.88. The summed E-state index contributed by atoms with van der Waals surface area (Å²) in [7, 11) is 0. The smallest absolute Gasteiger partial charge is 0.0683 e. The van der Waals surface area contributed by atoms with Crippen LogP contribution in [0, 0.1) is 16.7 Å². The van der Waals surface area contributed by atoms with E-state index in [1.54, 1.807) is 0 Å². The van der Waals surface area contributed by atoms with Crippen molar-refractivity contribution in [2.75, 3.05) is 13.2 Å². The van der Waals surface area contributed by atoms with Crippen molar-refractivity contribution in [1.29, 1.82) is 5.26 Å². The predicted octanol–water partition coefficient (Wildman–Crippen LogP) is 2.81. The Morgan fingerprint density at radius 1 is 1.21 bits per heavy atom. The van der Waals surface area contributed by atoms with E-state index in [4.69, 9.17) is 5.26 Å². The lowest BCUT2D eigenvalue weighted by molar-refractivity contribution is 0.173. The number of nitrogens with one attached hydrogen (secondary N) is 1. The van der Waals surface area contributed by atoms with Gasteiger partial charge in [-0.1, -0.05) is 30.3 Å². The molecule has 1 unspecified atom stereocenters. The average molecular weight is 260 g/mol. The van der Waals surface area contributed by atoms with E-state index in [1.165, 1.54) is 0 Å². The largest absolute Gasteiger partial charge is 0.394 e. The maximum absolute atomic E-state index is 9.63. The van der Waals surface area contributed by atoms with Gasteiger partial charge in [-0.25, -0.2) is 0 Å². The Hall–Kier alpha value is -1.37. The molecule has 1 atom stereocenters. The number of aliphatic hydroxyl groups is 1. The molecule has 0 fully saturated rings. The van der Waals surface area contributed by atoms with Crippen LogP contribution < -0.4 is 5.32 Å². The maximum atomic E-state index is 9.63. The van der Waals surface area contributed by atoms with Gasteiger partial charge in [-0.3, -0.25) is 0 Å². The van der Waals surface area contributed by atoms with Gasteiger partial charge in [-0.15, -0.1) is 0 Å². The number of rotatable bonds is 7. The topological polar surface area (TPSA) is 56.0 Å². The molecule has 0 heterocycles. The van der Waals surface area contributed by atoms with Gasteiger partial charge in [-0.05, 0) is 45.7 Å². The number of nitriles is 1. The summed E-state index contributed by atoms with van der Waals surface area (Å²) in [5.74, 6) is 0. The number of hydrogen-bond donors (Lipinski definition) is 2. The second-order valence-corrected chi connectivity index (χ2v) is 5.88. The lowest BCUT2D eigenvalue weighted by Gasteiger charge is -2.30. The second kappa shape index (κ2) is 6.70. The number of benzene rings is 1. The first-order valence-corrected chi connectivity index (χ1v) is 6.76. The Balaban J connectivity index is 2.52. The van der Waals surface area contributed by atoms with Crippen molar-refractivity contribution in [2.45, 2.75) is 39.2 Å². The zero-order valence-electron chi connectivity index (χ0n) is 12.1. The molecule has 0 aromatic heterocycles. The summed E-state index contributed by atoms with van der Waals surface area (Å²) >= 11 is 0. The van der Waals surface area contributed by atoms with E-state index < -0.39 is 5.54 Å². The van der Waals surface area contributed by atoms with Crippen molar-refractivity contribution in [3.8, 4) is 6.07 Å². The van der Waals surface area contributed by atoms with Gasteiger partial charge in [-0.2, -0.15) is 5.26 Å². The van der Waals surface area contributed by atoms with Crippen molar-refractivity contribution in [1.82, 2.24) is 5.32 Å². The Morgan fingerprint density at radius 2 is 1.84 bits per heavy atom. The summed E-state index contributed by atoms with van der Waals surface area (Å²) in [6.07, 6.45) is 1.77. The van der Waals surface area contributed by atoms with Crippen LogP contribution in [0.1, 0.15) is 39.2 Å². The minimum absolute atomic E-state index is 0.0542. The zero-order valence-corrected chi connectivity index (χ0v) is 12.1. The average Bonchev–Trinajstić information content (AvgIpc) is 2.44. The van der Waals surface area contributed by atoms with Gasteiger partial charge in [0.2, 0.25) is 0 Å². The molecule has 0 bridgehead atoms. The minimum Gasteiger partial charge on any atom is -0.394 e. The monoisotopic (exact) mass is 260 g/mol. The molecule has 0 spiro atoms. The molecule has 1 aromatic rings. The van der Waals surface area contributed by atoms with Crippen LogP contribution in [0.3, 0.4) is 0 Å². The molecule has 0 aliphatic carbocycles. The summed E-state index contributed by atoms with van der Waals surface area (Å²) in [5, 5.41) is 22.0. The van der Waals surface area contributed by atoms with Gasteiger partial charge < -0.3 is 10.4 Å². The van der Waals surface area contributed by atoms with Crippen molar-refractivity contribution < 1.29 is 5.11 Å². The molecule has 104 valence electrons.